The number of amides is 2. The third-order valence-corrected chi connectivity index (χ3v) is 7.77. The zero-order valence-corrected chi connectivity index (χ0v) is 24.7. The smallest absolute Gasteiger partial charge is 0.346 e. The first-order chi connectivity index (χ1) is 18.1. The number of carbonyl (C=O) groups is 1. The van der Waals surface area contributed by atoms with Crippen molar-refractivity contribution in [3.63, 3.8) is 0 Å². The summed E-state index contributed by atoms with van der Waals surface area (Å²) in [5, 5.41) is 8.14. The van der Waals surface area contributed by atoms with Gasteiger partial charge in [-0.25, -0.2) is 13.2 Å². The molecule has 0 N–H and O–H groups in total. The fourth-order valence-electron chi connectivity index (χ4n) is 5.24. The van der Waals surface area contributed by atoms with Gasteiger partial charge in [-0.3, -0.25) is 4.68 Å². The fourth-order valence-corrected chi connectivity index (χ4v) is 5.61. The standard InChI is InChI=1S/C16H36N.C10H13N5O5S/c1-5-9-13-17(14-10-6-2,15-11-7-3)16-12-8-4;1-7-4-8-5-14(9(7)6-13-3-2-11-12-13)10(16)15(8)20-21(17,18)19/h5-16H2,1-4H3;2-4,8-9H,5-6H2,1H3,(H,17,18,19)/q+1;/p-1/t;8-,9-/m.1/s1. The maximum Gasteiger partial charge on any atom is 0.346 e. The number of unbranched alkanes of at least 4 members (excludes halogenated alkanes) is 4. The Morgan fingerprint density at radius 3 is 1.95 bits per heavy atom. The van der Waals surface area contributed by atoms with Gasteiger partial charge in [0, 0.05) is 12.7 Å². The van der Waals surface area contributed by atoms with E-state index in [4.69, 9.17) is 0 Å². The molecule has 2 atom stereocenters. The van der Waals surface area contributed by atoms with Crippen LogP contribution >= 0.6 is 0 Å². The normalized spacial score (nSPS) is 19.4. The van der Waals surface area contributed by atoms with Crippen molar-refractivity contribution in [1.29, 1.82) is 0 Å². The molecule has 2 amide bonds. The Hall–Kier alpha value is -2.02. The molecule has 0 aliphatic carbocycles. The molecule has 0 radical (unpaired) electrons. The molecule has 2 aliphatic rings. The van der Waals surface area contributed by atoms with Crippen LogP contribution in [0, 0.1) is 0 Å². The molecule has 3 heterocycles. The highest BCUT2D eigenvalue weighted by Crippen LogP contribution is 2.30. The molecule has 1 fully saturated rings. The van der Waals surface area contributed by atoms with Gasteiger partial charge < -0.3 is 13.9 Å². The Labute approximate surface area is 229 Å². The minimum absolute atomic E-state index is 0.255. The summed E-state index contributed by atoms with van der Waals surface area (Å²) in [6, 6.07) is -1.54. The molecular weight excluding hydrogens is 508 g/mol. The summed E-state index contributed by atoms with van der Waals surface area (Å²) in [7, 11) is -4.99. The van der Waals surface area contributed by atoms with Gasteiger partial charge >= 0.3 is 6.03 Å². The number of hydroxylamine groups is 2. The van der Waals surface area contributed by atoms with Crippen molar-refractivity contribution >= 4 is 16.4 Å². The van der Waals surface area contributed by atoms with Crippen molar-refractivity contribution in [2.45, 2.75) is 105 Å². The van der Waals surface area contributed by atoms with Gasteiger partial charge in [-0.2, -0.15) is 9.35 Å². The van der Waals surface area contributed by atoms with Gasteiger partial charge in [-0.05, 0) is 32.6 Å². The van der Waals surface area contributed by atoms with Crippen LogP contribution in [-0.2, 0) is 21.2 Å². The topological polar surface area (TPSA) is 121 Å². The van der Waals surface area contributed by atoms with Gasteiger partial charge in [0.1, 0.15) is 0 Å². The Kier molecular flexibility index (Phi) is 13.2. The average Bonchev–Trinajstić information content (AvgIpc) is 3.48. The van der Waals surface area contributed by atoms with E-state index in [9.17, 15) is 17.8 Å². The number of quaternary nitrogens is 1. The monoisotopic (exact) mass is 556 g/mol. The predicted octanol–water partition coefficient (Wildman–Crippen LogP) is 4.11. The number of hydrogen-bond donors (Lipinski definition) is 0. The second-order valence-electron chi connectivity index (χ2n) is 10.5. The van der Waals surface area contributed by atoms with Crippen molar-refractivity contribution in [1.82, 2.24) is 25.0 Å². The van der Waals surface area contributed by atoms with E-state index in [1.807, 2.05) is 6.92 Å². The second-order valence-corrected chi connectivity index (χ2v) is 11.5. The van der Waals surface area contributed by atoms with E-state index in [2.05, 4.69) is 42.3 Å². The largest absolute Gasteiger partial charge is 0.724 e. The van der Waals surface area contributed by atoms with Gasteiger partial charge in [0.2, 0.25) is 10.4 Å². The van der Waals surface area contributed by atoms with E-state index in [1.165, 1.54) is 93.1 Å². The maximum atomic E-state index is 12.2. The number of rotatable bonds is 16. The second kappa shape index (κ2) is 15.5. The molecule has 11 nitrogen and oxygen atoms in total. The molecule has 1 saturated heterocycles. The van der Waals surface area contributed by atoms with Crippen LogP contribution < -0.4 is 0 Å². The van der Waals surface area contributed by atoms with Crippen molar-refractivity contribution in [3.8, 4) is 0 Å². The molecule has 12 heteroatoms. The van der Waals surface area contributed by atoms with Gasteiger partial charge in [-0.15, -0.1) is 5.10 Å². The highest BCUT2D eigenvalue weighted by atomic mass is 32.3. The lowest BCUT2D eigenvalue weighted by Gasteiger charge is -2.39. The van der Waals surface area contributed by atoms with Crippen molar-refractivity contribution in [3.05, 3.63) is 24.0 Å². The van der Waals surface area contributed by atoms with Gasteiger partial charge in [0.15, 0.2) is 0 Å². The number of fused-ring (bicyclic) bond motifs is 2. The summed E-state index contributed by atoms with van der Waals surface area (Å²) in [4.78, 5) is 13.6. The fraction of sp³-hybridized carbons (Fsp3) is 0.808. The van der Waals surface area contributed by atoms with Crippen LogP contribution in [0.15, 0.2) is 24.0 Å². The molecule has 1 aromatic heterocycles. The van der Waals surface area contributed by atoms with E-state index in [0.29, 0.717) is 11.6 Å². The summed E-state index contributed by atoms with van der Waals surface area (Å²) in [5.74, 6) is 0. The number of nitrogens with zero attached hydrogens (tertiary/aromatic N) is 6. The van der Waals surface area contributed by atoms with Crippen LogP contribution in [0.5, 0.6) is 0 Å². The zero-order valence-electron chi connectivity index (χ0n) is 23.9. The lowest BCUT2D eigenvalue weighted by atomic mass is 10.0. The first-order valence-electron chi connectivity index (χ1n) is 14.2. The van der Waals surface area contributed by atoms with Gasteiger partial charge in [0.25, 0.3) is 0 Å². The molecule has 1 aromatic rings. The molecule has 218 valence electrons. The van der Waals surface area contributed by atoms with E-state index in [1.54, 1.807) is 17.0 Å². The van der Waals surface area contributed by atoms with E-state index < -0.39 is 22.5 Å². The minimum atomic E-state index is -4.99. The van der Waals surface area contributed by atoms with Crippen molar-refractivity contribution in [2.24, 2.45) is 0 Å². The summed E-state index contributed by atoms with van der Waals surface area (Å²) < 4.78 is 39.4. The maximum absolute atomic E-state index is 12.2. The zero-order chi connectivity index (χ0) is 28.2. The molecule has 0 saturated carbocycles. The van der Waals surface area contributed by atoms with Gasteiger partial charge in [-0.1, -0.05) is 70.2 Å². The SMILES string of the molecule is CC1=C[C@@H]2CN(C(=O)N2OS(=O)(=O)[O-])[C@@H]1Cn1ccnn1.CCCC[N+](CCCC)(CCCC)CCCC. The molecule has 2 bridgehead atoms. The van der Waals surface area contributed by atoms with Crippen LogP contribution in [0.25, 0.3) is 0 Å². The van der Waals surface area contributed by atoms with Crippen LogP contribution in [0.3, 0.4) is 0 Å². The third-order valence-electron chi connectivity index (χ3n) is 7.42. The quantitative estimate of drug-likeness (QED) is 0.130. The summed E-state index contributed by atoms with van der Waals surface area (Å²) in [6.07, 6.45) is 16.0. The molecule has 2 aliphatic heterocycles. The number of hydrogen-bond acceptors (Lipinski definition) is 7. The lowest BCUT2D eigenvalue weighted by Crippen LogP contribution is -2.50. The van der Waals surface area contributed by atoms with Crippen molar-refractivity contribution < 1.29 is 26.5 Å². The van der Waals surface area contributed by atoms with Crippen LogP contribution in [-0.4, -0.2) is 93.2 Å². The molecule has 0 spiro atoms. The van der Waals surface area contributed by atoms with Crippen molar-refractivity contribution in [2.75, 3.05) is 32.7 Å². The number of carbonyl (C=O) groups excluding carboxylic acids is 1. The minimum Gasteiger partial charge on any atom is -0.724 e. The third kappa shape index (κ3) is 9.62. The Morgan fingerprint density at radius 1 is 1.00 bits per heavy atom. The van der Waals surface area contributed by atoms with Crippen LogP contribution in [0.2, 0.25) is 0 Å². The van der Waals surface area contributed by atoms with Crippen LogP contribution in [0.4, 0.5) is 4.79 Å². The predicted molar refractivity (Wildman–Crippen MR) is 145 cm³/mol. The Bertz CT molecular complexity index is 931. The van der Waals surface area contributed by atoms with Crippen LogP contribution in [0.1, 0.15) is 86.0 Å². The Balaban J connectivity index is 0.000000275. The molecule has 3 rings (SSSR count). The first kappa shape index (κ1) is 32.2. The first-order valence-corrected chi connectivity index (χ1v) is 15.6. The Morgan fingerprint density at radius 2 is 1.53 bits per heavy atom. The average molecular weight is 557 g/mol. The van der Waals surface area contributed by atoms with E-state index >= 15 is 0 Å². The van der Waals surface area contributed by atoms with E-state index in [0.717, 1.165) is 5.57 Å². The molecule has 0 unspecified atom stereocenters. The van der Waals surface area contributed by atoms with Gasteiger partial charge in [0.05, 0.1) is 51.0 Å². The summed E-state index contributed by atoms with van der Waals surface area (Å²) in [5.41, 5.74) is 0.865. The summed E-state index contributed by atoms with van der Waals surface area (Å²) in [6.45, 7) is 17.5. The summed E-state index contributed by atoms with van der Waals surface area (Å²) >= 11 is 0. The number of aromatic nitrogens is 3. The van der Waals surface area contributed by atoms with E-state index in [-0.39, 0.29) is 12.6 Å². The molecule has 38 heavy (non-hydrogen) atoms. The molecular formula is C26H48N6O5S. The molecule has 0 aromatic carbocycles. The lowest BCUT2D eigenvalue weighted by molar-refractivity contribution is -0.929. The number of urea groups is 1. The highest BCUT2D eigenvalue weighted by Gasteiger charge is 2.46. The highest BCUT2D eigenvalue weighted by molar-refractivity contribution is 7.80.